The molecular weight excluding hydrogens is 470 g/mol. The van der Waals surface area contributed by atoms with E-state index in [1.54, 1.807) is 30.5 Å². The van der Waals surface area contributed by atoms with Gasteiger partial charge in [-0.05, 0) is 42.0 Å². The van der Waals surface area contributed by atoms with Gasteiger partial charge in [-0.3, -0.25) is 15.4 Å². The molecule has 178 valence electrons. The van der Waals surface area contributed by atoms with Gasteiger partial charge in [-0.1, -0.05) is 23.7 Å². The Morgan fingerprint density at radius 2 is 1.91 bits per heavy atom. The first-order chi connectivity index (χ1) is 16.3. The van der Waals surface area contributed by atoms with Crippen LogP contribution in [0.4, 0.5) is 14.5 Å². The molecule has 2 aromatic carbocycles. The van der Waals surface area contributed by atoms with Crippen LogP contribution in [-0.2, 0) is 4.79 Å². The van der Waals surface area contributed by atoms with Crippen molar-refractivity contribution in [2.75, 3.05) is 18.4 Å². The second-order valence-electron chi connectivity index (χ2n) is 7.18. The van der Waals surface area contributed by atoms with Gasteiger partial charge < -0.3 is 25.5 Å². The summed E-state index contributed by atoms with van der Waals surface area (Å²) in [4.78, 5) is 13.7. The molecule has 0 aliphatic carbocycles. The standard InChI is InChI=1S/C22H21ClF2N6O3/c23-14-3-1-13(2-4-14)20(27)18(31-11-16(32)9-19(31)33)10-28-22(29-12-26)30-15-5-7-17(8-6-15)34-21(24)25/h1-9,18,21-22,27-30,32H,10-11H2. The van der Waals surface area contributed by atoms with Gasteiger partial charge in [0.25, 0.3) is 5.91 Å². The van der Waals surface area contributed by atoms with E-state index in [0.29, 0.717) is 16.3 Å². The van der Waals surface area contributed by atoms with E-state index in [0.717, 1.165) is 6.08 Å². The number of hydrogen-bond acceptors (Lipinski definition) is 8. The van der Waals surface area contributed by atoms with Crippen molar-refractivity contribution in [3.8, 4) is 11.9 Å². The van der Waals surface area contributed by atoms with Gasteiger partial charge in [-0.15, -0.1) is 0 Å². The monoisotopic (exact) mass is 490 g/mol. The highest BCUT2D eigenvalue weighted by molar-refractivity contribution is 6.30. The lowest BCUT2D eigenvalue weighted by molar-refractivity contribution is -0.125. The fourth-order valence-electron chi connectivity index (χ4n) is 3.31. The molecule has 0 saturated heterocycles. The first-order valence-corrected chi connectivity index (χ1v) is 10.4. The van der Waals surface area contributed by atoms with Crippen molar-refractivity contribution in [2.45, 2.75) is 18.9 Å². The predicted octanol–water partition coefficient (Wildman–Crippen LogP) is 3.02. The summed E-state index contributed by atoms with van der Waals surface area (Å²) in [5.74, 6) is -0.583. The van der Waals surface area contributed by atoms with E-state index in [-0.39, 0.29) is 30.3 Å². The summed E-state index contributed by atoms with van der Waals surface area (Å²) in [5.41, 5.74) is 1.12. The molecule has 1 amide bonds. The van der Waals surface area contributed by atoms with Crippen molar-refractivity contribution in [1.29, 1.82) is 10.7 Å². The lowest BCUT2D eigenvalue weighted by Crippen LogP contribution is -2.54. The SMILES string of the molecule is N#CNC(NCC(C(=N)c1ccc(Cl)cc1)N1CC(O)=CC1=O)Nc1ccc(OC(F)F)cc1. The molecule has 3 rings (SSSR count). The molecule has 0 saturated carbocycles. The minimum atomic E-state index is -2.94. The molecule has 0 fully saturated rings. The van der Waals surface area contributed by atoms with Crippen molar-refractivity contribution in [3.05, 3.63) is 71.0 Å². The molecule has 5 N–H and O–H groups in total. The number of nitriles is 1. The van der Waals surface area contributed by atoms with Crippen LogP contribution in [0.2, 0.25) is 5.02 Å². The normalized spacial score (nSPS) is 14.9. The highest BCUT2D eigenvalue weighted by Gasteiger charge is 2.32. The third-order valence-corrected chi connectivity index (χ3v) is 5.14. The van der Waals surface area contributed by atoms with E-state index < -0.39 is 24.9 Å². The third-order valence-electron chi connectivity index (χ3n) is 4.88. The third kappa shape index (κ3) is 6.57. The number of alkyl halides is 2. The summed E-state index contributed by atoms with van der Waals surface area (Å²) in [6.45, 7) is -2.97. The summed E-state index contributed by atoms with van der Waals surface area (Å²) < 4.78 is 29.0. The van der Waals surface area contributed by atoms with Gasteiger partial charge in [0.2, 0.25) is 0 Å². The van der Waals surface area contributed by atoms with Crippen molar-refractivity contribution in [1.82, 2.24) is 15.5 Å². The molecule has 2 unspecified atom stereocenters. The molecule has 0 bridgehead atoms. The minimum absolute atomic E-state index is 0.0189. The first-order valence-electron chi connectivity index (χ1n) is 10.0. The number of nitrogens with zero attached hydrogens (tertiary/aromatic N) is 2. The van der Waals surface area contributed by atoms with Gasteiger partial charge >= 0.3 is 6.61 Å². The number of carbonyl (C=O) groups is 1. The number of amides is 1. The highest BCUT2D eigenvalue weighted by atomic mass is 35.5. The molecule has 12 heteroatoms. The van der Waals surface area contributed by atoms with Crippen LogP contribution >= 0.6 is 11.6 Å². The maximum Gasteiger partial charge on any atom is 0.387 e. The fourth-order valence-corrected chi connectivity index (χ4v) is 3.43. The van der Waals surface area contributed by atoms with E-state index in [1.807, 2.05) is 0 Å². The summed E-state index contributed by atoms with van der Waals surface area (Å²) in [6.07, 6.45) is 2.07. The highest BCUT2D eigenvalue weighted by Crippen LogP contribution is 2.19. The fraction of sp³-hybridized carbons (Fsp3) is 0.227. The molecule has 1 aliphatic heterocycles. The van der Waals surface area contributed by atoms with Gasteiger partial charge in [-0.2, -0.15) is 14.0 Å². The number of halogens is 3. The molecule has 1 heterocycles. The maximum absolute atomic E-state index is 12.4. The quantitative estimate of drug-likeness (QED) is 0.141. The average molecular weight is 491 g/mol. The second-order valence-corrected chi connectivity index (χ2v) is 7.62. The molecule has 2 atom stereocenters. The van der Waals surface area contributed by atoms with Crippen LogP contribution in [-0.4, -0.2) is 53.7 Å². The van der Waals surface area contributed by atoms with Crippen LogP contribution in [0, 0.1) is 16.9 Å². The van der Waals surface area contributed by atoms with Gasteiger partial charge in [0.15, 0.2) is 12.5 Å². The Kier molecular flexibility index (Phi) is 8.24. The largest absolute Gasteiger partial charge is 0.510 e. The van der Waals surface area contributed by atoms with Crippen LogP contribution in [0.5, 0.6) is 5.75 Å². The van der Waals surface area contributed by atoms with Crippen molar-refractivity contribution in [2.24, 2.45) is 0 Å². The van der Waals surface area contributed by atoms with Crippen LogP contribution < -0.4 is 20.7 Å². The lowest BCUT2D eigenvalue weighted by atomic mass is 10.0. The van der Waals surface area contributed by atoms with Crippen molar-refractivity contribution >= 4 is 28.9 Å². The van der Waals surface area contributed by atoms with Gasteiger partial charge in [0, 0.05) is 23.3 Å². The van der Waals surface area contributed by atoms with Crippen LogP contribution in [0.1, 0.15) is 5.56 Å². The minimum Gasteiger partial charge on any atom is -0.510 e. The molecule has 9 nitrogen and oxygen atoms in total. The molecule has 1 aliphatic rings. The zero-order valence-electron chi connectivity index (χ0n) is 17.6. The van der Waals surface area contributed by atoms with Gasteiger partial charge in [0.1, 0.15) is 11.5 Å². The summed E-state index contributed by atoms with van der Waals surface area (Å²) >= 11 is 5.93. The van der Waals surface area contributed by atoms with E-state index in [4.69, 9.17) is 22.3 Å². The van der Waals surface area contributed by atoms with Gasteiger partial charge in [0.05, 0.1) is 18.3 Å². The predicted molar refractivity (Wildman–Crippen MR) is 122 cm³/mol. The Hall–Kier alpha value is -3.88. The van der Waals surface area contributed by atoms with Crippen molar-refractivity contribution in [3.63, 3.8) is 0 Å². The van der Waals surface area contributed by atoms with Crippen LogP contribution in [0.25, 0.3) is 0 Å². The number of carbonyl (C=O) groups excluding carboxylic acids is 1. The molecule has 0 radical (unpaired) electrons. The Bertz CT molecular complexity index is 1090. The second kappa shape index (κ2) is 11.3. The Labute approximate surface area is 199 Å². The molecule has 2 aromatic rings. The summed E-state index contributed by atoms with van der Waals surface area (Å²) in [5, 5.41) is 36.6. The number of benzene rings is 2. The van der Waals surface area contributed by atoms with Gasteiger partial charge in [-0.25, -0.2) is 0 Å². The van der Waals surface area contributed by atoms with E-state index >= 15 is 0 Å². The summed E-state index contributed by atoms with van der Waals surface area (Å²) in [6, 6.07) is 11.4. The zero-order valence-corrected chi connectivity index (χ0v) is 18.4. The van der Waals surface area contributed by atoms with Crippen LogP contribution in [0.15, 0.2) is 60.4 Å². The molecule has 0 aromatic heterocycles. The first kappa shape index (κ1) is 24.8. The number of aliphatic hydroxyl groups excluding tert-OH is 1. The molecule has 0 spiro atoms. The number of hydrogen-bond donors (Lipinski definition) is 5. The Morgan fingerprint density at radius 1 is 1.24 bits per heavy atom. The Balaban J connectivity index is 1.73. The summed E-state index contributed by atoms with van der Waals surface area (Å²) in [7, 11) is 0. The smallest absolute Gasteiger partial charge is 0.387 e. The van der Waals surface area contributed by atoms with E-state index in [9.17, 15) is 18.7 Å². The molecule has 34 heavy (non-hydrogen) atoms. The van der Waals surface area contributed by atoms with Crippen LogP contribution in [0.3, 0.4) is 0 Å². The zero-order chi connectivity index (χ0) is 24.7. The van der Waals surface area contributed by atoms with E-state index in [2.05, 4.69) is 20.7 Å². The molecular formula is C22H21ClF2N6O3. The number of aliphatic hydroxyl groups is 1. The number of ether oxygens (including phenoxy) is 1. The number of anilines is 1. The average Bonchev–Trinajstić information content (AvgIpc) is 3.13. The van der Waals surface area contributed by atoms with Crippen molar-refractivity contribution < 1.29 is 23.4 Å². The number of rotatable bonds is 11. The van der Waals surface area contributed by atoms with E-state index in [1.165, 1.54) is 29.2 Å². The number of nitrogens with one attached hydrogen (secondary N) is 4. The lowest BCUT2D eigenvalue weighted by Gasteiger charge is -2.31. The Morgan fingerprint density at radius 3 is 2.47 bits per heavy atom. The topological polar surface area (TPSA) is 134 Å². The maximum atomic E-state index is 12.4.